The Morgan fingerprint density at radius 3 is 2.11 bits per heavy atom. The molecule has 0 spiro atoms. The Kier molecular flexibility index (Phi) is 7.17. The van der Waals surface area contributed by atoms with E-state index >= 15 is 0 Å². The largest absolute Gasteiger partial charge is 0.492 e. The van der Waals surface area contributed by atoms with E-state index in [0.717, 1.165) is 16.9 Å². The number of para-hydroxylation sites is 1. The third-order valence-corrected chi connectivity index (χ3v) is 6.29. The minimum Gasteiger partial charge on any atom is -0.492 e. The molecule has 0 fully saturated rings. The fourth-order valence-electron chi connectivity index (χ4n) is 4.49. The molecule has 37 heavy (non-hydrogen) atoms. The normalized spacial score (nSPS) is 14.6. The second-order valence-corrected chi connectivity index (χ2v) is 8.84. The van der Waals surface area contributed by atoms with E-state index in [0.29, 0.717) is 30.3 Å². The van der Waals surface area contributed by atoms with Crippen LogP contribution in [0.4, 0.5) is 11.4 Å². The summed E-state index contributed by atoms with van der Waals surface area (Å²) in [5, 5.41) is 3.05. The number of benzene rings is 4. The average molecular weight is 493 g/mol. The van der Waals surface area contributed by atoms with E-state index in [4.69, 9.17) is 9.47 Å². The molecular weight excluding hydrogens is 464 g/mol. The zero-order chi connectivity index (χ0) is 25.6. The molecule has 4 aromatic rings. The van der Waals surface area contributed by atoms with Gasteiger partial charge in [-0.3, -0.25) is 9.59 Å². The number of hydrogen-bond acceptors (Lipinski definition) is 4. The SMILES string of the molecule is CC1Oc2ccc(NC(=O)C(c3ccccc3)c3ccccc3)cc2N(CCOc2ccccc2)C1=O. The van der Waals surface area contributed by atoms with Crippen LogP contribution in [-0.4, -0.2) is 31.1 Å². The van der Waals surface area contributed by atoms with E-state index in [2.05, 4.69) is 5.32 Å². The van der Waals surface area contributed by atoms with Crippen LogP contribution in [0.3, 0.4) is 0 Å². The molecule has 0 aliphatic carbocycles. The van der Waals surface area contributed by atoms with Crippen molar-refractivity contribution in [2.45, 2.75) is 18.9 Å². The first kappa shape index (κ1) is 24.1. The Balaban J connectivity index is 1.38. The van der Waals surface area contributed by atoms with Gasteiger partial charge >= 0.3 is 0 Å². The van der Waals surface area contributed by atoms with Crippen LogP contribution in [-0.2, 0) is 9.59 Å². The van der Waals surface area contributed by atoms with Crippen LogP contribution in [0, 0.1) is 0 Å². The van der Waals surface area contributed by atoms with Crippen molar-refractivity contribution >= 4 is 23.2 Å². The fraction of sp³-hybridized carbons (Fsp3) is 0.161. The number of fused-ring (bicyclic) bond motifs is 1. The van der Waals surface area contributed by atoms with Crippen LogP contribution in [0.2, 0.25) is 0 Å². The minimum atomic E-state index is -0.606. The van der Waals surface area contributed by atoms with Gasteiger partial charge < -0.3 is 19.7 Å². The lowest BCUT2D eigenvalue weighted by molar-refractivity contribution is -0.125. The van der Waals surface area contributed by atoms with Crippen LogP contribution < -0.4 is 19.7 Å². The molecule has 0 aromatic heterocycles. The Morgan fingerprint density at radius 1 is 0.892 bits per heavy atom. The molecule has 0 radical (unpaired) electrons. The van der Waals surface area contributed by atoms with Crippen molar-refractivity contribution in [3.05, 3.63) is 120 Å². The number of anilines is 2. The van der Waals surface area contributed by atoms with Gasteiger partial charge in [0.15, 0.2) is 6.10 Å². The maximum atomic E-state index is 13.6. The molecule has 1 unspecified atom stereocenters. The molecule has 6 nitrogen and oxygen atoms in total. The lowest BCUT2D eigenvalue weighted by atomic mass is 9.90. The maximum Gasteiger partial charge on any atom is 0.267 e. The summed E-state index contributed by atoms with van der Waals surface area (Å²) in [7, 11) is 0. The number of carbonyl (C=O) groups excluding carboxylic acids is 2. The number of carbonyl (C=O) groups is 2. The Bertz CT molecular complexity index is 1320. The van der Waals surface area contributed by atoms with Crippen LogP contribution >= 0.6 is 0 Å². The maximum absolute atomic E-state index is 13.6. The smallest absolute Gasteiger partial charge is 0.267 e. The number of amides is 2. The molecular formula is C31H28N2O4. The second kappa shape index (κ2) is 11.0. The second-order valence-electron chi connectivity index (χ2n) is 8.84. The van der Waals surface area contributed by atoms with E-state index in [-0.39, 0.29) is 11.8 Å². The minimum absolute atomic E-state index is 0.154. The van der Waals surface area contributed by atoms with Crippen molar-refractivity contribution in [1.82, 2.24) is 0 Å². The van der Waals surface area contributed by atoms with Gasteiger partial charge in [-0.1, -0.05) is 78.9 Å². The van der Waals surface area contributed by atoms with E-state index in [1.165, 1.54) is 0 Å². The molecule has 6 heteroatoms. The van der Waals surface area contributed by atoms with E-state index in [1.807, 2.05) is 91.0 Å². The highest BCUT2D eigenvalue weighted by Gasteiger charge is 2.32. The third-order valence-electron chi connectivity index (χ3n) is 6.29. The number of nitrogens with one attached hydrogen (secondary N) is 1. The van der Waals surface area contributed by atoms with Gasteiger partial charge in [0.1, 0.15) is 18.1 Å². The molecule has 1 N–H and O–H groups in total. The standard InChI is InChI=1S/C31H28N2O4/c1-22-31(35)33(19-20-36-26-15-9-4-10-16-26)27-21-25(17-18-28(27)37-22)32-30(34)29(23-11-5-2-6-12-23)24-13-7-3-8-14-24/h2-18,21-22,29H,19-20H2,1H3,(H,32,34). The van der Waals surface area contributed by atoms with Crippen molar-refractivity contribution in [1.29, 1.82) is 0 Å². The van der Waals surface area contributed by atoms with Crippen molar-refractivity contribution in [2.75, 3.05) is 23.4 Å². The Morgan fingerprint density at radius 2 is 1.49 bits per heavy atom. The van der Waals surface area contributed by atoms with Crippen LogP contribution in [0.25, 0.3) is 0 Å². The van der Waals surface area contributed by atoms with Gasteiger partial charge in [0, 0.05) is 5.69 Å². The van der Waals surface area contributed by atoms with Gasteiger partial charge in [0.05, 0.1) is 18.2 Å². The van der Waals surface area contributed by atoms with Gasteiger partial charge in [-0.15, -0.1) is 0 Å². The van der Waals surface area contributed by atoms with Gasteiger partial charge in [-0.05, 0) is 48.4 Å². The molecule has 0 bridgehead atoms. The number of hydrogen-bond donors (Lipinski definition) is 1. The molecule has 5 rings (SSSR count). The highest BCUT2D eigenvalue weighted by atomic mass is 16.5. The summed E-state index contributed by atoms with van der Waals surface area (Å²) in [6.07, 6.45) is -0.606. The number of rotatable bonds is 8. The first-order chi connectivity index (χ1) is 18.1. The third kappa shape index (κ3) is 5.48. The average Bonchev–Trinajstić information content (AvgIpc) is 2.93. The van der Waals surface area contributed by atoms with Crippen LogP contribution in [0.5, 0.6) is 11.5 Å². The summed E-state index contributed by atoms with van der Waals surface area (Å²) < 4.78 is 11.7. The van der Waals surface area contributed by atoms with Gasteiger partial charge in [0.2, 0.25) is 5.91 Å². The predicted molar refractivity (Wildman–Crippen MR) is 144 cm³/mol. The summed E-state index contributed by atoms with van der Waals surface area (Å²) in [5.41, 5.74) is 2.99. The Hall–Kier alpha value is -4.58. The van der Waals surface area contributed by atoms with Crippen molar-refractivity contribution in [2.24, 2.45) is 0 Å². The quantitative estimate of drug-likeness (QED) is 0.345. The lowest BCUT2D eigenvalue weighted by Crippen LogP contribution is -2.46. The van der Waals surface area contributed by atoms with Crippen LogP contribution in [0.15, 0.2) is 109 Å². The zero-order valence-corrected chi connectivity index (χ0v) is 20.5. The summed E-state index contributed by atoms with van der Waals surface area (Å²) in [6, 6.07) is 34.2. The van der Waals surface area contributed by atoms with Crippen molar-refractivity contribution < 1.29 is 19.1 Å². The van der Waals surface area contributed by atoms with Gasteiger partial charge in [-0.2, -0.15) is 0 Å². The summed E-state index contributed by atoms with van der Waals surface area (Å²) in [6.45, 7) is 2.40. The molecule has 2 amide bonds. The number of nitrogens with zero attached hydrogens (tertiary/aromatic N) is 1. The first-order valence-corrected chi connectivity index (χ1v) is 12.3. The highest BCUT2D eigenvalue weighted by Crippen LogP contribution is 2.37. The summed E-state index contributed by atoms with van der Waals surface area (Å²) in [4.78, 5) is 28.2. The summed E-state index contributed by atoms with van der Waals surface area (Å²) >= 11 is 0. The van der Waals surface area contributed by atoms with E-state index in [9.17, 15) is 9.59 Å². The molecule has 1 aliphatic rings. The van der Waals surface area contributed by atoms with Crippen molar-refractivity contribution in [3.8, 4) is 11.5 Å². The van der Waals surface area contributed by atoms with Crippen LogP contribution in [0.1, 0.15) is 24.0 Å². The van der Waals surface area contributed by atoms with Gasteiger partial charge in [0.25, 0.3) is 5.91 Å². The fourth-order valence-corrected chi connectivity index (χ4v) is 4.49. The lowest BCUT2D eigenvalue weighted by Gasteiger charge is -2.33. The molecule has 186 valence electrons. The highest BCUT2D eigenvalue weighted by molar-refractivity contribution is 6.02. The first-order valence-electron chi connectivity index (χ1n) is 12.3. The molecule has 0 saturated carbocycles. The molecule has 1 atom stereocenters. The number of ether oxygens (including phenoxy) is 2. The Labute approximate surface area is 216 Å². The predicted octanol–water partition coefficient (Wildman–Crippen LogP) is 5.65. The molecule has 0 saturated heterocycles. The molecule has 1 aliphatic heterocycles. The zero-order valence-electron chi connectivity index (χ0n) is 20.5. The summed E-state index contributed by atoms with van der Waals surface area (Å²) in [5.74, 6) is 0.538. The molecule has 4 aromatic carbocycles. The van der Waals surface area contributed by atoms with Gasteiger partial charge in [-0.25, -0.2) is 0 Å². The van der Waals surface area contributed by atoms with Crippen molar-refractivity contribution in [3.63, 3.8) is 0 Å². The topological polar surface area (TPSA) is 67.9 Å². The molecule has 1 heterocycles. The van der Waals surface area contributed by atoms with E-state index < -0.39 is 12.0 Å². The monoisotopic (exact) mass is 492 g/mol. The van der Waals surface area contributed by atoms with E-state index in [1.54, 1.807) is 30.0 Å².